The highest BCUT2D eigenvalue weighted by Crippen LogP contribution is 2.59. The number of rotatable bonds is 9. The van der Waals surface area contributed by atoms with Gasteiger partial charge in [0.2, 0.25) is 0 Å². The molecule has 0 aliphatic heterocycles. The molecule has 0 bridgehead atoms. The Morgan fingerprint density at radius 1 is 0.474 bits per heavy atom. The molecule has 0 saturated carbocycles. The van der Waals surface area contributed by atoms with Crippen LogP contribution in [0.25, 0.3) is 0 Å². The smallest absolute Gasteiger partial charge is 0.0341 e. The van der Waals surface area contributed by atoms with Gasteiger partial charge in [-0.15, -0.1) is 0 Å². The molecule has 0 nitrogen and oxygen atoms in total. The van der Waals surface area contributed by atoms with E-state index in [2.05, 4.69) is 157 Å². The van der Waals surface area contributed by atoms with Crippen LogP contribution in [0.3, 0.4) is 0 Å². The van der Waals surface area contributed by atoms with Crippen LogP contribution in [0.4, 0.5) is 0 Å². The lowest BCUT2D eigenvalue weighted by Gasteiger charge is -2.30. The lowest BCUT2D eigenvalue weighted by Crippen LogP contribution is -2.19. The number of allylic oxidation sites excluding steroid dienone is 1. The molecule has 5 aromatic carbocycles. The summed E-state index contributed by atoms with van der Waals surface area (Å²) in [6.45, 7) is 0. The van der Waals surface area contributed by atoms with Gasteiger partial charge in [0.05, 0.1) is 0 Å². The van der Waals surface area contributed by atoms with E-state index in [1.807, 2.05) is 0 Å². The zero-order valence-electron chi connectivity index (χ0n) is 21.1. The van der Waals surface area contributed by atoms with Crippen LogP contribution in [-0.2, 0) is 30.0 Å². The summed E-state index contributed by atoms with van der Waals surface area (Å²) in [5, 5.41) is 6.11. The van der Waals surface area contributed by atoms with Crippen molar-refractivity contribution in [2.45, 2.75) is 12.8 Å². The fourth-order valence-corrected chi connectivity index (χ4v) is 13.7. The van der Waals surface area contributed by atoms with Crippen molar-refractivity contribution < 1.29 is 0 Å². The summed E-state index contributed by atoms with van der Waals surface area (Å²) in [5.41, 5.74) is 1.31. The Morgan fingerprint density at radius 3 is 1.21 bits per heavy atom. The van der Waals surface area contributed by atoms with Crippen molar-refractivity contribution in [2.24, 2.45) is 0 Å². The van der Waals surface area contributed by atoms with Crippen molar-refractivity contribution in [2.75, 3.05) is 0 Å². The standard InChI is InChI=1S/C34H30P2S2/c37-35(30-18-8-2-9-19-30,31-20-10-3-11-21-31)28-34(27-26-29-16-6-1-7-17-29)36(38,32-22-12-4-13-23-32)33-24-14-5-15-25-33/h1-25,28H,26-27H2/b34-28+. The average molecular weight is 565 g/mol. The van der Waals surface area contributed by atoms with Gasteiger partial charge >= 0.3 is 0 Å². The minimum atomic E-state index is -2.35. The topological polar surface area (TPSA) is 0 Å². The quantitative estimate of drug-likeness (QED) is 0.168. The first-order valence-corrected chi connectivity index (χ1v) is 18.5. The van der Waals surface area contributed by atoms with Crippen LogP contribution < -0.4 is 21.2 Å². The Kier molecular flexibility index (Phi) is 8.68. The molecule has 38 heavy (non-hydrogen) atoms. The van der Waals surface area contributed by atoms with Crippen LogP contribution in [-0.4, -0.2) is 0 Å². The first-order chi connectivity index (χ1) is 18.6. The van der Waals surface area contributed by atoms with Crippen molar-refractivity contribution in [3.8, 4) is 0 Å². The van der Waals surface area contributed by atoms with Crippen molar-refractivity contribution in [3.63, 3.8) is 0 Å². The third-order valence-electron chi connectivity index (χ3n) is 6.77. The van der Waals surface area contributed by atoms with Gasteiger partial charge in [0.25, 0.3) is 0 Å². The minimum absolute atomic E-state index is 0.864. The van der Waals surface area contributed by atoms with Crippen LogP contribution in [0, 0.1) is 0 Å². The normalized spacial score (nSPS) is 12.3. The monoisotopic (exact) mass is 564 g/mol. The highest BCUT2D eigenvalue weighted by atomic mass is 32.4. The Bertz CT molecular complexity index is 1490. The zero-order chi connectivity index (χ0) is 26.3. The minimum Gasteiger partial charge on any atom is -0.0832 e. The molecule has 0 amide bonds. The summed E-state index contributed by atoms with van der Waals surface area (Å²) in [5.74, 6) is 2.44. The number of benzene rings is 5. The maximum Gasteiger partial charge on any atom is 0.0341 e. The maximum absolute atomic E-state index is 6.85. The molecule has 0 atom stereocenters. The van der Waals surface area contributed by atoms with Gasteiger partial charge < -0.3 is 0 Å². The SMILES string of the molecule is S=P(/C=C(\CCc1ccccc1)P(=S)(c1ccccc1)c1ccccc1)(c1ccccc1)c1ccccc1. The second-order valence-electron chi connectivity index (χ2n) is 9.22. The van der Waals surface area contributed by atoms with E-state index >= 15 is 0 Å². The molecule has 0 spiro atoms. The summed E-state index contributed by atoms with van der Waals surface area (Å²) in [6, 6.07) is 48.7. The molecule has 188 valence electrons. The summed E-state index contributed by atoms with van der Waals surface area (Å²) >= 11 is 13.6. The highest BCUT2D eigenvalue weighted by molar-refractivity contribution is 8.25. The molecule has 0 aliphatic carbocycles. The van der Waals surface area contributed by atoms with Crippen LogP contribution in [0.1, 0.15) is 12.0 Å². The van der Waals surface area contributed by atoms with Gasteiger partial charge in [0.15, 0.2) is 0 Å². The fourth-order valence-electron chi connectivity index (χ4n) is 4.78. The number of hydrogen-bond donors (Lipinski definition) is 0. The second-order valence-corrected chi connectivity index (χ2v) is 18.0. The zero-order valence-corrected chi connectivity index (χ0v) is 24.6. The Labute approximate surface area is 237 Å². The lowest BCUT2D eigenvalue weighted by atomic mass is 10.1. The fraction of sp³-hybridized carbons (Fsp3) is 0.0588. The average Bonchev–Trinajstić information content (AvgIpc) is 3.01. The van der Waals surface area contributed by atoms with Crippen LogP contribution >= 0.6 is 12.1 Å². The van der Waals surface area contributed by atoms with Crippen molar-refractivity contribution in [1.29, 1.82) is 0 Å². The largest absolute Gasteiger partial charge is 0.0832 e. The molecule has 0 heterocycles. The van der Waals surface area contributed by atoms with E-state index in [4.69, 9.17) is 23.6 Å². The highest BCUT2D eigenvalue weighted by Gasteiger charge is 2.30. The molecule has 0 unspecified atom stereocenters. The van der Waals surface area contributed by atoms with Crippen LogP contribution in [0.2, 0.25) is 0 Å². The van der Waals surface area contributed by atoms with E-state index in [0.29, 0.717) is 0 Å². The van der Waals surface area contributed by atoms with Crippen LogP contribution in [0.15, 0.2) is 163 Å². The summed E-state index contributed by atoms with van der Waals surface area (Å²) < 4.78 is 0. The van der Waals surface area contributed by atoms with E-state index in [0.717, 1.165) is 12.8 Å². The second kappa shape index (κ2) is 12.3. The Balaban J connectivity index is 1.77. The van der Waals surface area contributed by atoms with Gasteiger partial charge in [-0.05, 0) is 50.8 Å². The van der Waals surface area contributed by atoms with E-state index in [1.165, 1.54) is 32.1 Å². The third-order valence-corrected chi connectivity index (χ3v) is 16.5. The van der Waals surface area contributed by atoms with Crippen molar-refractivity contribution in [1.82, 2.24) is 0 Å². The summed E-state index contributed by atoms with van der Waals surface area (Å²) in [4.78, 5) is 0. The van der Waals surface area contributed by atoms with Gasteiger partial charge in [-0.25, -0.2) is 0 Å². The molecule has 0 fully saturated rings. The van der Waals surface area contributed by atoms with Crippen LogP contribution in [0.5, 0.6) is 0 Å². The van der Waals surface area contributed by atoms with Gasteiger partial charge in [-0.1, -0.05) is 175 Å². The predicted molar refractivity (Wildman–Crippen MR) is 176 cm³/mol. The van der Waals surface area contributed by atoms with E-state index in [1.54, 1.807) is 0 Å². The summed E-state index contributed by atoms with van der Waals surface area (Å²) in [7, 11) is 0. The van der Waals surface area contributed by atoms with E-state index in [9.17, 15) is 0 Å². The van der Waals surface area contributed by atoms with Crippen molar-refractivity contribution in [3.05, 3.63) is 168 Å². The molecule has 0 N–H and O–H groups in total. The number of aryl methyl sites for hydroxylation is 1. The van der Waals surface area contributed by atoms with Gasteiger partial charge in [-0.3, -0.25) is 0 Å². The first-order valence-electron chi connectivity index (χ1n) is 12.8. The Morgan fingerprint density at radius 2 is 0.816 bits per heavy atom. The maximum atomic E-state index is 6.85. The summed E-state index contributed by atoms with van der Waals surface area (Å²) in [6.07, 6.45) is 1.78. The molecular weight excluding hydrogens is 534 g/mol. The molecule has 0 aliphatic rings. The number of hydrogen-bond acceptors (Lipinski definition) is 2. The molecule has 0 radical (unpaired) electrons. The first kappa shape index (κ1) is 26.7. The van der Waals surface area contributed by atoms with Gasteiger partial charge in [0, 0.05) is 12.1 Å². The predicted octanol–water partition coefficient (Wildman–Crippen LogP) is 7.72. The van der Waals surface area contributed by atoms with E-state index < -0.39 is 12.1 Å². The lowest BCUT2D eigenvalue weighted by molar-refractivity contribution is 0.989. The van der Waals surface area contributed by atoms with Gasteiger partial charge in [0.1, 0.15) is 0 Å². The van der Waals surface area contributed by atoms with Gasteiger partial charge in [-0.2, -0.15) is 0 Å². The molecule has 4 heteroatoms. The Hall–Kier alpha value is -2.86. The molecule has 0 aromatic heterocycles. The van der Waals surface area contributed by atoms with Crippen molar-refractivity contribution >= 4 is 56.9 Å². The molecule has 5 rings (SSSR count). The molecule has 5 aromatic rings. The molecule has 0 saturated heterocycles. The molecular formula is C34H30P2S2. The van der Waals surface area contributed by atoms with E-state index in [-0.39, 0.29) is 0 Å². The third kappa shape index (κ3) is 5.75.